The van der Waals surface area contributed by atoms with E-state index in [1.54, 1.807) is 13.0 Å². The van der Waals surface area contributed by atoms with Crippen molar-refractivity contribution < 1.29 is 9.32 Å². The molecule has 0 bridgehead atoms. The second kappa shape index (κ2) is 5.63. The number of hydrogen-bond acceptors (Lipinski definition) is 4. The Balaban J connectivity index is 1.86. The number of fused-ring (bicyclic) bond motifs is 1. The standard InChI is InChI=1S/C16H18N4O2/c1-10(2)20-14-7-5-4-6-13(14)17-16(20)18-15(21)9-12-8-11(3)22-19-12/h4-8,10H,9H2,1-3H3,(H,17,18,21). The summed E-state index contributed by atoms with van der Waals surface area (Å²) in [6.45, 7) is 5.92. The van der Waals surface area contributed by atoms with Gasteiger partial charge in [0.2, 0.25) is 11.9 Å². The average Bonchev–Trinajstić information content (AvgIpc) is 3.01. The van der Waals surface area contributed by atoms with Crippen LogP contribution in [-0.2, 0) is 11.2 Å². The molecule has 22 heavy (non-hydrogen) atoms. The van der Waals surface area contributed by atoms with Gasteiger partial charge in [0.25, 0.3) is 0 Å². The summed E-state index contributed by atoms with van der Waals surface area (Å²) in [5.41, 5.74) is 2.48. The van der Waals surface area contributed by atoms with Crippen LogP contribution in [0.2, 0.25) is 0 Å². The Morgan fingerprint density at radius 3 is 2.82 bits per heavy atom. The number of rotatable bonds is 4. The number of carbonyl (C=O) groups excluding carboxylic acids is 1. The fourth-order valence-corrected chi connectivity index (χ4v) is 2.49. The number of benzene rings is 1. The van der Waals surface area contributed by atoms with Crippen molar-refractivity contribution in [3.8, 4) is 0 Å². The highest BCUT2D eigenvalue weighted by Gasteiger charge is 2.16. The summed E-state index contributed by atoms with van der Waals surface area (Å²) in [6.07, 6.45) is 0.165. The zero-order valence-electron chi connectivity index (χ0n) is 12.8. The summed E-state index contributed by atoms with van der Waals surface area (Å²) in [7, 11) is 0. The zero-order chi connectivity index (χ0) is 15.7. The maximum absolute atomic E-state index is 12.2. The number of carbonyl (C=O) groups is 1. The smallest absolute Gasteiger partial charge is 0.232 e. The van der Waals surface area contributed by atoms with E-state index < -0.39 is 0 Å². The van der Waals surface area contributed by atoms with Crippen LogP contribution in [0.15, 0.2) is 34.9 Å². The minimum Gasteiger partial charge on any atom is -0.361 e. The van der Waals surface area contributed by atoms with Gasteiger partial charge in [0, 0.05) is 12.1 Å². The van der Waals surface area contributed by atoms with Gasteiger partial charge in [0.05, 0.1) is 23.1 Å². The van der Waals surface area contributed by atoms with Gasteiger partial charge in [-0.25, -0.2) is 4.98 Å². The molecular weight excluding hydrogens is 280 g/mol. The summed E-state index contributed by atoms with van der Waals surface area (Å²) in [5, 5.41) is 6.70. The molecule has 0 unspecified atom stereocenters. The van der Waals surface area contributed by atoms with Crippen LogP contribution in [0.25, 0.3) is 11.0 Å². The number of hydrogen-bond donors (Lipinski definition) is 1. The molecule has 0 fully saturated rings. The number of anilines is 1. The maximum Gasteiger partial charge on any atom is 0.232 e. The van der Waals surface area contributed by atoms with Crippen molar-refractivity contribution in [2.24, 2.45) is 0 Å². The summed E-state index contributed by atoms with van der Waals surface area (Å²) in [4.78, 5) is 16.7. The van der Waals surface area contributed by atoms with E-state index in [9.17, 15) is 4.79 Å². The maximum atomic E-state index is 12.2. The Bertz CT molecular complexity index is 817. The van der Waals surface area contributed by atoms with Crippen molar-refractivity contribution in [1.82, 2.24) is 14.7 Å². The molecule has 1 N–H and O–H groups in total. The quantitative estimate of drug-likeness (QED) is 0.803. The van der Waals surface area contributed by atoms with Crippen LogP contribution in [0, 0.1) is 6.92 Å². The number of nitrogens with one attached hydrogen (secondary N) is 1. The van der Waals surface area contributed by atoms with E-state index in [0.717, 1.165) is 11.0 Å². The van der Waals surface area contributed by atoms with E-state index in [1.807, 2.05) is 28.8 Å². The number of para-hydroxylation sites is 2. The number of aromatic nitrogens is 3. The van der Waals surface area contributed by atoms with Gasteiger partial charge in [-0.05, 0) is 32.9 Å². The molecule has 0 aliphatic rings. The lowest BCUT2D eigenvalue weighted by molar-refractivity contribution is -0.115. The first-order valence-corrected chi connectivity index (χ1v) is 7.23. The summed E-state index contributed by atoms with van der Waals surface area (Å²) in [5.74, 6) is 1.09. The second-order valence-corrected chi connectivity index (χ2v) is 5.54. The monoisotopic (exact) mass is 298 g/mol. The van der Waals surface area contributed by atoms with Gasteiger partial charge < -0.3 is 9.09 Å². The molecule has 0 aliphatic heterocycles. The van der Waals surface area contributed by atoms with Crippen LogP contribution in [0.5, 0.6) is 0 Å². The van der Waals surface area contributed by atoms with Crippen LogP contribution in [0.1, 0.15) is 31.3 Å². The van der Waals surface area contributed by atoms with E-state index in [0.29, 0.717) is 17.4 Å². The van der Waals surface area contributed by atoms with E-state index in [4.69, 9.17) is 4.52 Å². The predicted octanol–water partition coefficient (Wildman–Crippen LogP) is 3.09. The largest absolute Gasteiger partial charge is 0.361 e. The molecule has 0 radical (unpaired) electrons. The highest BCUT2D eigenvalue weighted by molar-refractivity contribution is 5.92. The molecular formula is C16H18N4O2. The second-order valence-electron chi connectivity index (χ2n) is 5.54. The van der Waals surface area contributed by atoms with Crippen LogP contribution >= 0.6 is 0 Å². The van der Waals surface area contributed by atoms with Crippen LogP contribution in [-0.4, -0.2) is 20.6 Å². The van der Waals surface area contributed by atoms with Crippen LogP contribution < -0.4 is 5.32 Å². The van der Waals surface area contributed by atoms with Gasteiger partial charge in [-0.1, -0.05) is 17.3 Å². The first kappa shape index (κ1) is 14.3. The molecule has 0 saturated heterocycles. The third kappa shape index (κ3) is 2.72. The Hall–Kier alpha value is -2.63. The van der Waals surface area contributed by atoms with Gasteiger partial charge in [0.15, 0.2) is 0 Å². The molecule has 0 spiro atoms. The molecule has 6 nitrogen and oxygen atoms in total. The minimum atomic E-state index is -0.162. The van der Waals surface area contributed by atoms with E-state index in [2.05, 4.69) is 29.3 Å². The van der Waals surface area contributed by atoms with Gasteiger partial charge in [-0.3, -0.25) is 10.1 Å². The van der Waals surface area contributed by atoms with E-state index >= 15 is 0 Å². The predicted molar refractivity (Wildman–Crippen MR) is 83.7 cm³/mol. The van der Waals surface area contributed by atoms with E-state index in [-0.39, 0.29) is 18.4 Å². The average molecular weight is 298 g/mol. The molecule has 0 atom stereocenters. The number of amides is 1. The molecule has 3 aromatic rings. The van der Waals surface area contributed by atoms with Crippen molar-refractivity contribution in [3.05, 3.63) is 41.8 Å². The Labute approximate surface area is 128 Å². The molecule has 0 aliphatic carbocycles. The molecule has 3 rings (SSSR count). The van der Waals surface area contributed by atoms with Gasteiger partial charge >= 0.3 is 0 Å². The van der Waals surface area contributed by atoms with Crippen LogP contribution in [0.3, 0.4) is 0 Å². The third-order valence-corrected chi connectivity index (χ3v) is 3.38. The van der Waals surface area contributed by atoms with Gasteiger partial charge in [-0.2, -0.15) is 0 Å². The fourth-order valence-electron chi connectivity index (χ4n) is 2.49. The topological polar surface area (TPSA) is 73.0 Å². The highest BCUT2D eigenvalue weighted by atomic mass is 16.5. The molecule has 1 aromatic carbocycles. The zero-order valence-corrected chi connectivity index (χ0v) is 12.8. The molecule has 114 valence electrons. The SMILES string of the molecule is Cc1cc(CC(=O)Nc2nc3ccccc3n2C(C)C)no1. The van der Waals surface area contributed by atoms with Crippen molar-refractivity contribution in [3.63, 3.8) is 0 Å². The minimum absolute atomic E-state index is 0.162. The lowest BCUT2D eigenvalue weighted by Crippen LogP contribution is -2.18. The first-order chi connectivity index (χ1) is 10.5. The van der Waals surface area contributed by atoms with E-state index in [1.165, 1.54) is 0 Å². The van der Waals surface area contributed by atoms with Crippen molar-refractivity contribution in [2.45, 2.75) is 33.2 Å². The normalized spacial score (nSPS) is 11.3. The Kier molecular flexibility index (Phi) is 3.66. The number of imidazole rings is 1. The summed E-state index contributed by atoms with van der Waals surface area (Å²) >= 11 is 0. The van der Waals surface area contributed by atoms with Crippen molar-refractivity contribution in [1.29, 1.82) is 0 Å². The molecule has 2 heterocycles. The summed E-state index contributed by atoms with van der Waals surface area (Å²) < 4.78 is 6.99. The lowest BCUT2D eigenvalue weighted by atomic mass is 10.3. The molecule has 0 saturated carbocycles. The molecule has 1 amide bonds. The van der Waals surface area contributed by atoms with Crippen molar-refractivity contribution >= 4 is 22.9 Å². The van der Waals surface area contributed by atoms with Gasteiger partial charge in [-0.15, -0.1) is 0 Å². The summed E-state index contributed by atoms with van der Waals surface area (Å²) in [6, 6.07) is 9.78. The highest BCUT2D eigenvalue weighted by Crippen LogP contribution is 2.24. The Morgan fingerprint density at radius 2 is 2.14 bits per heavy atom. The number of aryl methyl sites for hydroxylation is 1. The lowest BCUT2D eigenvalue weighted by Gasteiger charge is -2.13. The third-order valence-electron chi connectivity index (χ3n) is 3.38. The Morgan fingerprint density at radius 1 is 1.36 bits per heavy atom. The number of nitrogens with zero attached hydrogens (tertiary/aromatic N) is 3. The first-order valence-electron chi connectivity index (χ1n) is 7.23. The molecule has 2 aromatic heterocycles. The van der Waals surface area contributed by atoms with Crippen molar-refractivity contribution in [2.75, 3.05) is 5.32 Å². The van der Waals surface area contributed by atoms with Gasteiger partial charge in [0.1, 0.15) is 5.76 Å². The van der Waals surface area contributed by atoms with Crippen LogP contribution in [0.4, 0.5) is 5.95 Å². The molecule has 6 heteroatoms. The fraction of sp³-hybridized carbons (Fsp3) is 0.312.